The highest BCUT2D eigenvalue weighted by atomic mass is 32.1. The summed E-state index contributed by atoms with van der Waals surface area (Å²) < 4.78 is 11.4. The maximum atomic E-state index is 12.1. The lowest BCUT2D eigenvalue weighted by atomic mass is 10.1. The Kier molecular flexibility index (Phi) is 7.32. The van der Waals surface area contributed by atoms with Crippen molar-refractivity contribution in [1.82, 2.24) is 10.2 Å². The van der Waals surface area contributed by atoms with Crippen LogP contribution in [0.3, 0.4) is 0 Å². The summed E-state index contributed by atoms with van der Waals surface area (Å²) in [6, 6.07) is 2.13. The molecule has 1 N–H and O–H groups in total. The minimum atomic E-state index is -0.0428. The average Bonchev–Trinajstić information content (AvgIpc) is 3.00. The molecule has 0 bridgehead atoms. The fourth-order valence-electron chi connectivity index (χ4n) is 2.40. The molecule has 22 heavy (non-hydrogen) atoms. The molecule has 0 aromatic carbocycles. The van der Waals surface area contributed by atoms with Crippen LogP contribution in [0.1, 0.15) is 18.4 Å². The second-order valence-electron chi connectivity index (χ2n) is 5.88. The zero-order chi connectivity index (χ0) is 15.8. The standard InChI is InChI=1S/C16H26N2O3S/c1-18(2)7-9-21-15-11-20-8-5-14(15)17-16(19)4-3-13-6-10-22-12-13/h6,10,12,14-15H,3-5,7-9,11H2,1-2H3,(H,17,19)/t14-,15-/m1/s1. The number of aryl methyl sites for hydroxylation is 1. The van der Waals surface area contributed by atoms with Crippen molar-refractivity contribution in [3.05, 3.63) is 22.4 Å². The predicted octanol–water partition coefficient (Wildman–Crippen LogP) is 1.53. The van der Waals surface area contributed by atoms with Gasteiger partial charge in [0.25, 0.3) is 0 Å². The van der Waals surface area contributed by atoms with E-state index in [0.717, 1.165) is 19.4 Å². The van der Waals surface area contributed by atoms with Gasteiger partial charge >= 0.3 is 0 Å². The normalized spacial score (nSPS) is 22.0. The zero-order valence-corrected chi connectivity index (χ0v) is 14.2. The number of carbonyl (C=O) groups excluding carboxylic acids is 1. The van der Waals surface area contributed by atoms with Crippen LogP contribution in [0.15, 0.2) is 16.8 Å². The highest BCUT2D eigenvalue weighted by molar-refractivity contribution is 7.07. The van der Waals surface area contributed by atoms with E-state index in [1.165, 1.54) is 5.56 Å². The van der Waals surface area contributed by atoms with Gasteiger partial charge in [-0.1, -0.05) is 0 Å². The number of rotatable bonds is 8. The first kappa shape index (κ1) is 17.4. The molecule has 0 unspecified atom stereocenters. The monoisotopic (exact) mass is 326 g/mol. The van der Waals surface area contributed by atoms with Crippen LogP contribution >= 0.6 is 11.3 Å². The number of ether oxygens (including phenoxy) is 2. The van der Waals surface area contributed by atoms with Gasteiger partial charge in [-0.05, 0) is 49.3 Å². The molecule has 1 aromatic heterocycles. The lowest BCUT2D eigenvalue weighted by Crippen LogP contribution is -2.50. The van der Waals surface area contributed by atoms with E-state index in [0.29, 0.717) is 26.2 Å². The summed E-state index contributed by atoms with van der Waals surface area (Å²) in [5.41, 5.74) is 1.23. The van der Waals surface area contributed by atoms with Gasteiger partial charge in [-0.2, -0.15) is 11.3 Å². The third kappa shape index (κ3) is 6.04. The van der Waals surface area contributed by atoms with Crippen molar-refractivity contribution in [2.45, 2.75) is 31.4 Å². The largest absolute Gasteiger partial charge is 0.379 e. The quantitative estimate of drug-likeness (QED) is 0.787. The summed E-state index contributed by atoms with van der Waals surface area (Å²) in [6.07, 6.45) is 2.10. The molecule has 5 nitrogen and oxygen atoms in total. The Morgan fingerprint density at radius 3 is 3.14 bits per heavy atom. The summed E-state index contributed by atoms with van der Waals surface area (Å²) in [6.45, 7) is 2.77. The number of nitrogens with one attached hydrogen (secondary N) is 1. The summed E-state index contributed by atoms with van der Waals surface area (Å²) in [7, 11) is 4.04. The van der Waals surface area contributed by atoms with Gasteiger partial charge in [-0.15, -0.1) is 0 Å². The van der Waals surface area contributed by atoms with E-state index < -0.39 is 0 Å². The molecule has 1 fully saturated rings. The van der Waals surface area contributed by atoms with Crippen LogP contribution in [0.2, 0.25) is 0 Å². The maximum Gasteiger partial charge on any atom is 0.220 e. The lowest BCUT2D eigenvalue weighted by Gasteiger charge is -2.32. The van der Waals surface area contributed by atoms with Gasteiger partial charge in [0.1, 0.15) is 6.10 Å². The minimum Gasteiger partial charge on any atom is -0.379 e. The third-order valence-corrected chi connectivity index (χ3v) is 4.47. The third-order valence-electron chi connectivity index (χ3n) is 3.74. The lowest BCUT2D eigenvalue weighted by molar-refractivity contribution is -0.126. The van der Waals surface area contributed by atoms with Crippen LogP contribution in [0.5, 0.6) is 0 Å². The van der Waals surface area contributed by atoms with Gasteiger partial charge in [0, 0.05) is 19.6 Å². The fourth-order valence-corrected chi connectivity index (χ4v) is 3.10. The first-order valence-electron chi connectivity index (χ1n) is 7.79. The molecule has 2 heterocycles. The molecule has 6 heteroatoms. The molecule has 1 saturated heterocycles. The van der Waals surface area contributed by atoms with Crippen LogP contribution in [0.4, 0.5) is 0 Å². The molecular formula is C16H26N2O3S. The van der Waals surface area contributed by atoms with Gasteiger partial charge in [0.15, 0.2) is 0 Å². The highest BCUT2D eigenvalue weighted by Gasteiger charge is 2.27. The molecule has 0 saturated carbocycles. The smallest absolute Gasteiger partial charge is 0.220 e. The van der Waals surface area contributed by atoms with Crippen LogP contribution in [-0.2, 0) is 20.7 Å². The van der Waals surface area contributed by atoms with Gasteiger partial charge < -0.3 is 19.7 Å². The molecule has 1 aromatic rings. The average molecular weight is 326 g/mol. The SMILES string of the molecule is CN(C)CCO[C@@H]1COCC[C@H]1NC(=O)CCc1ccsc1. The Bertz CT molecular complexity index is 437. The topological polar surface area (TPSA) is 50.8 Å². The molecule has 0 radical (unpaired) electrons. The molecule has 2 atom stereocenters. The van der Waals surface area contributed by atoms with Crippen molar-refractivity contribution in [3.63, 3.8) is 0 Å². The van der Waals surface area contributed by atoms with Gasteiger partial charge in [-0.3, -0.25) is 4.79 Å². The van der Waals surface area contributed by atoms with Crippen molar-refractivity contribution in [2.24, 2.45) is 0 Å². The highest BCUT2D eigenvalue weighted by Crippen LogP contribution is 2.13. The van der Waals surface area contributed by atoms with Crippen LogP contribution in [0.25, 0.3) is 0 Å². The van der Waals surface area contributed by atoms with Crippen molar-refractivity contribution >= 4 is 17.2 Å². The number of hydrogen-bond acceptors (Lipinski definition) is 5. The number of hydrogen-bond donors (Lipinski definition) is 1. The Morgan fingerprint density at radius 2 is 2.41 bits per heavy atom. The van der Waals surface area contributed by atoms with E-state index in [2.05, 4.69) is 21.7 Å². The van der Waals surface area contributed by atoms with Gasteiger partial charge in [0.2, 0.25) is 5.91 Å². The molecule has 1 amide bonds. The number of likely N-dealkylation sites (N-methyl/N-ethyl adjacent to an activating group) is 1. The van der Waals surface area contributed by atoms with Crippen LogP contribution in [-0.4, -0.2) is 63.4 Å². The Balaban J connectivity index is 1.73. The summed E-state index contributed by atoms with van der Waals surface area (Å²) in [5, 5.41) is 7.25. The summed E-state index contributed by atoms with van der Waals surface area (Å²) in [4.78, 5) is 14.2. The maximum absolute atomic E-state index is 12.1. The number of thiophene rings is 1. The summed E-state index contributed by atoms with van der Waals surface area (Å²) in [5.74, 6) is 0.0966. The van der Waals surface area contributed by atoms with E-state index in [-0.39, 0.29) is 18.1 Å². The van der Waals surface area contributed by atoms with Crippen molar-refractivity contribution in [2.75, 3.05) is 40.5 Å². The fraction of sp³-hybridized carbons (Fsp3) is 0.688. The molecule has 1 aliphatic rings. The predicted molar refractivity (Wildman–Crippen MR) is 88.3 cm³/mol. The minimum absolute atomic E-state index is 0.0428. The van der Waals surface area contributed by atoms with Crippen molar-refractivity contribution in [3.8, 4) is 0 Å². The van der Waals surface area contributed by atoms with Crippen molar-refractivity contribution < 1.29 is 14.3 Å². The van der Waals surface area contributed by atoms with Crippen molar-refractivity contribution in [1.29, 1.82) is 0 Å². The first-order valence-corrected chi connectivity index (χ1v) is 8.74. The number of nitrogens with zero attached hydrogens (tertiary/aromatic N) is 1. The van der Waals surface area contributed by atoms with E-state index in [1.54, 1.807) is 11.3 Å². The molecule has 2 rings (SSSR count). The molecule has 0 spiro atoms. The Labute approximate surface area is 136 Å². The first-order chi connectivity index (χ1) is 10.6. The zero-order valence-electron chi connectivity index (χ0n) is 13.4. The number of amides is 1. The molecule has 0 aliphatic carbocycles. The number of carbonyl (C=O) groups is 1. The van der Waals surface area contributed by atoms with Gasteiger partial charge in [-0.25, -0.2) is 0 Å². The van der Waals surface area contributed by atoms with E-state index in [9.17, 15) is 4.79 Å². The molecule has 124 valence electrons. The van der Waals surface area contributed by atoms with E-state index in [1.807, 2.05) is 19.5 Å². The Morgan fingerprint density at radius 1 is 1.55 bits per heavy atom. The van der Waals surface area contributed by atoms with E-state index >= 15 is 0 Å². The summed E-state index contributed by atoms with van der Waals surface area (Å²) >= 11 is 1.67. The Hall–Kier alpha value is -0.950. The molecule has 1 aliphatic heterocycles. The van der Waals surface area contributed by atoms with Gasteiger partial charge in [0.05, 0.1) is 19.3 Å². The van der Waals surface area contributed by atoms with E-state index in [4.69, 9.17) is 9.47 Å². The second-order valence-corrected chi connectivity index (χ2v) is 6.66. The second kappa shape index (κ2) is 9.25. The van der Waals surface area contributed by atoms with Crippen LogP contribution in [0, 0.1) is 0 Å². The molecular weight excluding hydrogens is 300 g/mol. The van der Waals surface area contributed by atoms with Crippen LogP contribution < -0.4 is 5.32 Å².